The molecule has 0 spiro atoms. The summed E-state index contributed by atoms with van der Waals surface area (Å²) in [6.45, 7) is 3.97. The molecule has 0 bridgehead atoms. The summed E-state index contributed by atoms with van der Waals surface area (Å²) >= 11 is 3.35. The number of rotatable bonds is 4. The molecule has 11 heavy (non-hydrogen) atoms. The molecule has 2 N–H and O–H groups in total. The lowest BCUT2D eigenvalue weighted by molar-refractivity contribution is 0.186. The molecule has 0 saturated carbocycles. The Labute approximate surface area is 75.3 Å². The van der Waals surface area contributed by atoms with Crippen LogP contribution < -0.4 is 5.32 Å². The van der Waals surface area contributed by atoms with Gasteiger partial charge < -0.3 is 10.4 Å². The van der Waals surface area contributed by atoms with Crippen LogP contribution in [0, 0.1) is 0 Å². The zero-order valence-corrected chi connectivity index (χ0v) is 8.44. The molecule has 0 aromatic carbocycles. The van der Waals surface area contributed by atoms with Crippen molar-refractivity contribution in [2.24, 2.45) is 0 Å². The molecule has 0 saturated heterocycles. The highest BCUT2D eigenvalue weighted by atomic mass is 79.9. The Hall–Kier alpha value is -0.250. The average molecular weight is 224 g/mol. The van der Waals surface area contributed by atoms with Gasteiger partial charge in [-0.1, -0.05) is 36.2 Å². The van der Waals surface area contributed by atoms with Gasteiger partial charge in [-0.15, -0.1) is 0 Å². The van der Waals surface area contributed by atoms with Gasteiger partial charge in [-0.2, -0.15) is 0 Å². The number of carboxylic acid groups (broad SMARTS) is 1. The Morgan fingerprint density at radius 3 is 2.45 bits per heavy atom. The second-order valence-corrected chi connectivity index (χ2v) is 4.02. The fraction of sp³-hybridized carbons (Fsp3) is 0.857. The van der Waals surface area contributed by atoms with Crippen LogP contribution in [0.5, 0.6) is 0 Å². The van der Waals surface area contributed by atoms with Gasteiger partial charge in [0.1, 0.15) is 0 Å². The van der Waals surface area contributed by atoms with Crippen molar-refractivity contribution in [1.29, 1.82) is 0 Å². The standard InChI is InChI=1S/C7H14BrNO2/c1-3-5-7(8,4-2)9-6(10)11/h9H,3-5H2,1-2H3,(H,10,11). The zero-order valence-electron chi connectivity index (χ0n) is 6.85. The second-order valence-electron chi connectivity index (χ2n) is 2.50. The zero-order chi connectivity index (χ0) is 8.91. The predicted molar refractivity (Wildman–Crippen MR) is 48.0 cm³/mol. The summed E-state index contributed by atoms with van der Waals surface area (Å²) in [7, 11) is 0. The van der Waals surface area contributed by atoms with E-state index in [0.717, 1.165) is 19.3 Å². The van der Waals surface area contributed by atoms with E-state index in [9.17, 15) is 4.79 Å². The van der Waals surface area contributed by atoms with Crippen molar-refractivity contribution >= 4 is 22.0 Å². The molecule has 3 nitrogen and oxygen atoms in total. The van der Waals surface area contributed by atoms with Gasteiger partial charge in [0.25, 0.3) is 0 Å². The number of alkyl halides is 1. The van der Waals surface area contributed by atoms with Crippen molar-refractivity contribution in [2.75, 3.05) is 0 Å². The SMILES string of the molecule is CCCC(Br)(CC)NC(=O)O. The van der Waals surface area contributed by atoms with E-state index >= 15 is 0 Å². The maximum Gasteiger partial charge on any atom is 0.405 e. The highest BCUT2D eigenvalue weighted by Crippen LogP contribution is 2.24. The maximum atomic E-state index is 10.3. The highest BCUT2D eigenvalue weighted by molar-refractivity contribution is 9.10. The van der Waals surface area contributed by atoms with Gasteiger partial charge in [-0.3, -0.25) is 0 Å². The second kappa shape index (κ2) is 4.59. The molecule has 0 fully saturated rings. The lowest BCUT2D eigenvalue weighted by atomic mass is 10.1. The minimum absolute atomic E-state index is 0.423. The van der Waals surface area contributed by atoms with E-state index in [-0.39, 0.29) is 0 Å². The van der Waals surface area contributed by atoms with Crippen LogP contribution in [0.2, 0.25) is 0 Å². The summed E-state index contributed by atoms with van der Waals surface area (Å²) in [6.07, 6.45) is 1.56. The van der Waals surface area contributed by atoms with Crippen LogP contribution in [0.1, 0.15) is 33.1 Å². The Morgan fingerprint density at radius 1 is 1.64 bits per heavy atom. The van der Waals surface area contributed by atoms with Crippen molar-refractivity contribution in [3.63, 3.8) is 0 Å². The number of hydrogen-bond donors (Lipinski definition) is 2. The first-order valence-corrected chi connectivity index (χ1v) is 4.53. The summed E-state index contributed by atoms with van der Waals surface area (Å²) in [5.41, 5.74) is 0. The molecule has 0 rings (SSSR count). The van der Waals surface area contributed by atoms with E-state index in [2.05, 4.69) is 21.2 Å². The molecule has 0 aliphatic carbocycles. The largest absolute Gasteiger partial charge is 0.465 e. The van der Waals surface area contributed by atoms with Gasteiger partial charge in [0.15, 0.2) is 0 Å². The first-order chi connectivity index (χ1) is 5.04. The molecular formula is C7H14BrNO2. The molecule has 1 atom stereocenters. The lowest BCUT2D eigenvalue weighted by Gasteiger charge is -2.25. The third-order valence-electron chi connectivity index (χ3n) is 1.54. The number of carbonyl (C=O) groups is 1. The summed E-state index contributed by atoms with van der Waals surface area (Å²) in [4.78, 5) is 10.3. The first kappa shape index (κ1) is 10.8. The van der Waals surface area contributed by atoms with Gasteiger partial charge in [0, 0.05) is 0 Å². The molecule has 1 unspecified atom stereocenters. The van der Waals surface area contributed by atoms with Gasteiger partial charge in [0.2, 0.25) is 0 Å². The van der Waals surface area contributed by atoms with Crippen molar-refractivity contribution in [2.45, 2.75) is 37.6 Å². The maximum absolute atomic E-state index is 10.3. The van der Waals surface area contributed by atoms with Crippen LogP contribution >= 0.6 is 15.9 Å². The molecule has 0 aliphatic heterocycles. The minimum atomic E-state index is -0.975. The molecule has 4 heteroatoms. The van der Waals surface area contributed by atoms with Crippen LogP contribution in [0.3, 0.4) is 0 Å². The molecule has 0 aromatic rings. The number of amides is 1. The third kappa shape index (κ3) is 4.24. The normalized spacial score (nSPS) is 15.5. The van der Waals surface area contributed by atoms with E-state index < -0.39 is 10.5 Å². The van der Waals surface area contributed by atoms with Crippen LogP contribution in [0.25, 0.3) is 0 Å². The van der Waals surface area contributed by atoms with Gasteiger partial charge in [-0.25, -0.2) is 4.79 Å². The average Bonchev–Trinajstić information content (AvgIpc) is 1.87. The third-order valence-corrected chi connectivity index (χ3v) is 2.69. The van der Waals surface area contributed by atoms with Crippen LogP contribution in [0.15, 0.2) is 0 Å². The number of nitrogens with one attached hydrogen (secondary N) is 1. The number of halogens is 1. The Bertz CT molecular complexity index is 140. The fourth-order valence-corrected chi connectivity index (χ4v) is 1.48. The Kier molecular flexibility index (Phi) is 4.49. The van der Waals surface area contributed by atoms with Gasteiger partial charge in [0.05, 0.1) is 4.45 Å². The monoisotopic (exact) mass is 223 g/mol. The molecule has 1 amide bonds. The summed E-state index contributed by atoms with van der Waals surface area (Å²) in [5.74, 6) is 0. The number of hydrogen-bond acceptors (Lipinski definition) is 1. The summed E-state index contributed by atoms with van der Waals surface area (Å²) < 4.78 is -0.423. The van der Waals surface area contributed by atoms with E-state index in [1.165, 1.54) is 0 Å². The predicted octanol–water partition coefficient (Wildman–Crippen LogP) is 2.56. The van der Waals surface area contributed by atoms with Crippen molar-refractivity contribution in [3.05, 3.63) is 0 Å². The van der Waals surface area contributed by atoms with E-state index in [4.69, 9.17) is 5.11 Å². The van der Waals surface area contributed by atoms with E-state index in [1.807, 2.05) is 13.8 Å². The van der Waals surface area contributed by atoms with Crippen LogP contribution in [-0.4, -0.2) is 15.6 Å². The van der Waals surface area contributed by atoms with Crippen molar-refractivity contribution in [1.82, 2.24) is 5.32 Å². The van der Waals surface area contributed by atoms with E-state index in [1.54, 1.807) is 0 Å². The van der Waals surface area contributed by atoms with Gasteiger partial charge >= 0.3 is 6.09 Å². The molecule has 0 aromatic heterocycles. The molecular weight excluding hydrogens is 210 g/mol. The van der Waals surface area contributed by atoms with Crippen molar-refractivity contribution in [3.8, 4) is 0 Å². The highest BCUT2D eigenvalue weighted by Gasteiger charge is 2.24. The van der Waals surface area contributed by atoms with Crippen LogP contribution in [-0.2, 0) is 0 Å². The minimum Gasteiger partial charge on any atom is -0.465 e. The summed E-state index contributed by atoms with van der Waals surface area (Å²) in [5, 5.41) is 10.9. The summed E-state index contributed by atoms with van der Waals surface area (Å²) in [6, 6.07) is 0. The fourth-order valence-electron chi connectivity index (χ4n) is 0.916. The first-order valence-electron chi connectivity index (χ1n) is 3.74. The topological polar surface area (TPSA) is 49.3 Å². The van der Waals surface area contributed by atoms with Gasteiger partial charge in [-0.05, 0) is 12.8 Å². The lowest BCUT2D eigenvalue weighted by Crippen LogP contribution is -2.41. The van der Waals surface area contributed by atoms with Crippen LogP contribution in [0.4, 0.5) is 4.79 Å². The Balaban J connectivity index is 3.98. The smallest absolute Gasteiger partial charge is 0.405 e. The molecule has 66 valence electrons. The Morgan fingerprint density at radius 2 is 2.18 bits per heavy atom. The molecule has 0 radical (unpaired) electrons. The van der Waals surface area contributed by atoms with E-state index in [0.29, 0.717) is 0 Å². The quantitative estimate of drug-likeness (QED) is 0.569. The molecule has 0 aliphatic rings. The molecule has 0 heterocycles. The van der Waals surface area contributed by atoms with Crippen molar-refractivity contribution < 1.29 is 9.90 Å².